The first-order valence-corrected chi connectivity index (χ1v) is 9.34. The van der Waals surface area contributed by atoms with Crippen LogP contribution in [0.4, 0.5) is 10.1 Å². The summed E-state index contributed by atoms with van der Waals surface area (Å²) < 4.78 is 19.2. The summed E-state index contributed by atoms with van der Waals surface area (Å²) in [6.07, 6.45) is 0. The van der Waals surface area contributed by atoms with Crippen LogP contribution in [0.15, 0.2) is 62.2 Å². The third kappa shape index (κ3) is 3.60. The van der Waals surface area contributed by atoms with Gasteiger partial charge in [0.2, 0.25) is 0 Å². The molecule has 0 aliphatic carbocycles. The van der Waals surface area contributed by atoms with Crippen molar-refractivity contribution >= 4 is 38.5 Å². The molecule has 2 heterocycles. The van der Waals surface area contributed by atoms with Crippen molar-refractivity contribution in [3.8, 4) is 0 Å². The van der Waals surface area contributed by atoms with E-state index in [0.29, 0.717) is 37.1 Å². The van der Waals surface area contributed by atoms with Crippen LogP contribution in [0.3, 0.4) is 0 Å². The maximum absolute atomic E-state index is 13.1. The summed E-state index contributed by atoms with van der Waals surface area (Å²) in [7, 11) is 0. The highest BCUT2D eigenvalue weighted by atomic mass is 79.9. The first-order valence-electron chi connectivity index (χ1n) is 8.54. The molecule has 1 saturated heterocycles. The van der Waals surface area contributed by atoms with Crippen LogP contribution in [-0.4, -0.2) is 37.0 Å². The standard InChI is InChI=1S/C20H16BrFN2O3/c21-14-1-6-18-13(11-14)12-17(20(26)27-18)19(25)24-9-7-23(8-10-24)16-4-2-15(22)3-5-16/h1-6,11-12H,7-10H2. The van der Waals surface area contributed by atoms with Gasteiger partial charge in [0.1, 0.15) is 17.0 Å². The lowest BCUT2D eigenvalue weighted by molar-refractivity contribution is 0.0742. The van der Waals surface area contributed by atoms with E-state index >= 15 is 0 Å². The Hall–Kier alpha value is -2.67. The van der Waals surface area contributed by atoms with Crippen LogP contribution in [-0.2, 0) is 0 Å². The second-order valence-electron chi connectivity index (χ2n) is 6.39. The fourth-order valence-electron chi connectivity index (χ4n) is 3.23. The molecule has 0 spiro atoms. The fourth-order valence-corrected chi connectivity index (χ4v) is 3.61. The molecule has 27 heavy (non-hydrogen) atoms. The Labute approximate surface area is 163 Å². The van der Waals surface area contributed by atoms with Gasteiger partial charge in [-0.1, -0.05) is 15.9 Å². The van der Waals surface area contributed by atoms with Crippen LogP contribution >= 0.6 is 15.9 Å². The van der Waals surface area contributed by atoms with Gasteiger partial charge >= 0.3 is 5.63 Å². The molecule has 5 nitrogen and oxygen atoms in total. The van der Waals surface area contributed by atoms with Crippen LogP contribution in [0, 0.1) is 5.82 Å². The Morgan fingerprint density at radius 1 is 1.00 bits per heavy atom. The van der Waals surface area contributed by atoms with Gasteiger partial charge in [-0.3, -0.25) is 4.79 Å². The molecule has 2 aromatic carbocycles. The van der Waals surface area contributed by atoms with Crippen molar-refractivity contribution in [1.82, 2.24) is 4.90 Å². The molecular formula is C20H16BrFN2O3. The van der Waals surface area contributed by atoms with Crippen molar-refractivity contribution in [2.45, 2.75) is 0 Å². The summed E-state index contributed by atoms with van der Waals surface area (Å²) >= 11 is 3.38. The quantitative estimate of drug-likeness (QED) is 0.582. The number of hydrogen-bond donors (Lipinski definition) is 0. The first-order chi connectivity index (χ1) is 13.0. The van der Waals surface area contributed by atoms with E-state index in [0.717, 1.165) is 10.2 Å². The van der Waals surface area contributed by atoms with E-state index in [-0.39, 0.29) is 17.3 Å². The number of fused-ring (bicyclic) bond motifs is 1. The van der Waals surface area contributed by atoms with Gasteiger partial charge in [-0.15, -0.1) is 0 Å². The molecular weight excluding hydrogens is 415 g/mol. The van der Waals surface area contributed by atoms with Crippen molar-refractivity contribution in [3.05, 3.63) is 74.8 Å². The van der Waals surface area contributed by atoms with E-state index < -0.39 is 5.63 Å². The smallest absolute Gasteiger partial charge is 0.349 e. The number of amides is 1. The van der Waals surface area contributed by atoms with Crippen LogP contribution in [0.2, 0.25) is 0 Å². The summed E-state index contributed by atoms with van der Waals surface area (Å²) in [5.41, 5.74) is 0.770. The van der Waals surface area contributed by atoms with Crippen molar-refractivity contribution in [2.24, 2.45) is 0 Å². The van der Waals surface area contributed by atoms with Gasteiger partial charge in [0.25, 0.3) is 5.91 Å². The normalized spacial score (nSPS) is 14.6. The molecule has 0 unspecified atom stereocenters. The Bertz CT molecular complexity index is 1060. The fraction of sp³-hybridized carbons (Fsp3) is 0.200. The molecule has 0 N–H and O–H groups in total. The molecule has 1 aromatic heterocycles. The molecule has 1 fully saturated rings. The first kappa shape index (κ1) is 17.7. The Morgan fingerprint density at radius 3 is 2.41 bits per heavy atom. The zero-order valence-electron chi connectivity index (χ0n) is 14.3. The average Bonchev–Trinajstić information content (AvgIpc) is 2.68. The van der Waals surface area contributed by atoms with E-state index in [9.17, 15) is 14.0 Å². The number of piperazine rings is 1. The number of carbonyl (C=O) groups is 1. The number of nitrogens with zero attached hydrogens (tertiary/aromatic N) is 2. The summed E-state index contributed by atoms with van der Waals surface area (Å²) in [6, 6.07) is 13.2. The molecule has 3 aromatic rings. The minimum absolute atomic E-state index is 0.0378. The molecule has 0 radical (unpaired) electrons. The number of rotatable bonds is 2. The zero-order valence-corrected chi connectivity index (χ0v) is 15.9. The number of benzene rings is 2. The van der Waals surface area contributed by atoms with E-state index in [2.05, 4.69) is 20.8 Å². The maximum Gasteiger partial charge on any atom is 0.349 e. The van der Waals surface area contributed by atoms with Crippen LogP contribution in [0.5, 0.6) is 0 Å². The molecule has 1 amide bonds. The van der Waals surface area contributed by atoms with Gasteiger partial charge in [0.15, 0.2) is 0 Å². The molecule has 1 aliphatic rings. The second kappa shape index (κ2) is 7.15. The van der Waals surface area contributed by atoms with Gasteiger partial charge in [0, 0.05) is 41.7 Å². The molecule has 0 atom stereocenters. The topological polar surface area (TPSA) is 53.8 Å². The Balaban J connectivity index is 1.52. The Morgan fingerprint density at radius 2 is 1.70 bits per heavy atom. The number of carbonyl (C=O) groups excluding carboxylic acids is 1. The summed E-state index contributed by atoms with van der Waals surface area (Å²) in [4.78, 5) is 28.8. The number of hydrogen-bond acceptors (Lipinski definition) is 4. The number of anilines is 1. The van der Waals surface area contributed by atoms with Gasteiger partial charge in [-0.25, -0.2) is 9.18 Å². The second-order valence-corrected chi connectivity index (χ2v) is 7.30. The lowest BCUT2D eigenvalue weighted by atomic mass is 10.1. The average molecular weight is 431 g/mol. The largest absolute Gasteiger partial charge is 0.422 e. The molecule has 7 heteroatoms. The van der Waals surface area contributed by atoms with E-state index in [4.69, 9.17) is 4.42 Å². The molecule has 4 rings (SSSR count). The van der Waals surface area contributed by atoms with Crippen LogP contribution in [0.1, 0.15) is 10.4 Å². The van der Waals surface area contributed by atoms with Crippen molar-refractivity contribution in [1.29, 1.82) is 0 Å². The molecule has 138 valence electrons. The van der Waals surface area contributed by atoms with Crippen LogP contribution < -0.4 is 10.5 Å². The third-order valence-electron chi connectivity index (χ3n) is 4.68. The molecule has 0 bridgehead atoms. The predicted octanol–water partition coefficient (Wildman–Crippen LogP) is 3.66. The predicted molar refractivity (Wildman–Crippen MR) is 105 cm³/mol. The monoisotopic (exact) mass is 430 g/mol. The highest BCUT2D eigenvalue weighted by molar-refractivity contribution is 9.10. The minimum atomic E-state index is -0.629. The summed E-state index contributed by atoms with van der Waals surface area (Å²) in [5.74, 6) is -0.605. The minimum Gasteiger partial charge on any atom is -0.422 e. The van der Waals surface area contributed by atoms with Gasteiger partial charge in [-0.2, -0.15) is 0 Å². The zero-order chi connectivity index (χ0) is 19.0. The molecule has 0 saturated carbocycles. The summed E-state index contributed by atoms with van der Waals surface area (Å²) in [6.45, 7) is 2.18. The van der Waals surface area contributed by atoms with Crippen molar-refractivity contribution in [3.63, 3.8) is 0 Å². The van der Waals surface area contributed by atoms with Crippen molar-refractivity contribution < 1.29 is 13.6 Å². The highest BCUT2D eigenvalue weighted by Crippen LogP contribution is 2.21. The third-order valence-corrected chi connectivity index (χ3v) is 5.18. The van der Waals surface area contributed by atoms with Crippen molar-refractivity contribution in [2.75, 3.05) is 31.1 Å². The maximum atomic E-state index is 13.1. The van der Waals surface area contributed by atoms with Crippen LogP contribution in [0.25, 0.3) is 11.0 Å². The summed E-state index contributed by atoms with van der Waals surface area (Å²) in [5, 5.41) is 0.692. The van der Waals surface area contributed by atoms with Gasteiger partial charge in [-0.05, 0) is 48.5 Å². The number of halogens is 2. The lowest BCUT2D eigenvalue weighted by Gasteiger charge is -2.36. The Kier molecular flexibility index (Phi) is 4.70. The SMILES string of the molecule is O=C(c1cc2cc(Br)ccc2oc1=O)N1CCN(c2ccc(F)cc2)CC1. The van der Waals surface area contributed by atoms with Gasteiger partial charge < -0.3 is 14.2 Å². The van der Waals surface area contributed by atoms with Gasteiger partial charge in [0.05, 0.1) is 0 Å². The highest BCUT2D eigenvalue weighted by Gasteiger charge is 2.25. The van der Waals surface area contributed by atoms with E-state index in [1.54, 1.807) is 35.2 Å². The molecule has 1 aliphatic heterocycles. The van der Waals surface area contributed by atoms with E-state index in [1.165, 1.54) is 12.1 Å². The van der Waals surface area contributed by atoms with E-state index in [1.807, 2.05) is 6.07 Å². The lowest BCUT2D eigenvalue weighted by Crippen LogP contribution is -2.49.